The number of piperidine rings is 1. The molecule has 0 amide bonds. The van der Waals surface area contributed by atoms with Crippen molar-refractivity contribution in [2.45, 2.75) is 38.6 Å². The van der Waals surface area contributed by atoms with Gasteiger partial charge >= 0.3 is 0 Å². The molecule has 112 valence electrons. The summed E-state index contributed by atoms with van der Waals surface area (Å²) in [7, 11) is 0. The van der Waals surface area contributed by atoms with Crippen LogP contribution in [0, 0.1) is 5.92 Å². The first-order chi connectivity index (χ1) is 10.2. The summed E-state index contributed by atoms with van der Waals surface area (Å²) in [6.45, 7) is 8.00. The minimum absolute atomic E-state index is 0.330. The van der Waals surface area contributed by atoms with E-state index in [4.69, 9.17) is 4.42 Å². The Hall–Kier alpha value is -1.55. The summed E-state index contributed by atoms with van der Waals surface area (Å²) in [5.41, 5.74) is 3.03. The lowest BCUT2D eigenvalue weighted by molar-refractivity contribution is 0.255. The molecule has 1 aromatic heterocycles. The second-order valence-corrected chi connectivity index (χ2v) is 6.78. The molecule has 0 saturated carbocycles. The number of hydrogen-bond acceptors (Lipinski definition) is 4. The molecule has 2 aliphatic rings. The third kappa shape index (κ3) is 2.42. The monoisotopic (exact) mass is 285 g/mol. The van der Waals surface area contributed by atoms with E-state index in [0.717, 1.165) is 22.9 Å². The predicted molar refractivity (Wildman–Crippen MR) is 84.7 cm³/mol. The predicted octanol–water partition coefficient (Wildman–Crippen LogP) is 3.46. The van der Waals surface area contributed by atoms with Gasteiger partial charge in [-0.15, -0.1) is 0 Å². The molecule has 2 aromatic rings. The normalized spacial score (nSPS) is 28.4. The lowest BCUT2D eigenvalue weighted by Crippen LogP contribution is -2.39. The van der Waals surface area contributed by atoms with Crippen molar-refractivity contribution in [1.29, 1.82) is 0 Å². The second-order valence-electron chi connectivity index (χ2n) is 6.78. The number of aromatic nitrogens is 1. The van der Waals surface area contributed by atoms with Gasteiger partial charge in [-0.2, -0.15) is 0 Å². The Labute approximate surface area is 125 Å². The minimum atomic E-state index is 0.330. The zero-order chi connectivity index (χ0) is 14.4. The molecule has 1 N–H and O–H groups in total. The molecule has 3 heterocycles. The fraction of sp³-hybridized carbons (Fsp3) is 0.588. The van der Waals surface area contributed by atoms with Crippen LogP contribution in [0.15, 0.2) is 22.6 Å². The van der Waals surface area contributed by atoms with Crippen molar-refractivity contribution in [1.82, 2.24) is 9.88 Å². The topological polar surface area (TPSA) is 41.3 Å². The first-order valence-corrected chi connectivity index (χ1v) is 8.08. The SMILES string of the molecule is CC(C)c1nc2cc(NC3CCN4CCC3C4)ccc2o1. The summed E-state index contributed by atoms with van der Waals surface area (Å²) >= 11 is 0. The molecule has 4 nitrogen and oxygen atoms in total. The zero-order valence-electron chi connectivity index (χ0n) is 12.8. The van der Waals surface area contributed by atoms with E-state index in [1.54, 1.807) is 0 Å². The van der Waals surface area contributed by atoms with E-state index in [1.807, 2.05) is 6.07 Å². The van der Waals surface area contributed by atoms with Gasteiger partial charge in [0.05, 0.1) is 0 Å². The molecule has 2 aliphatic heterocycles. The van der Waals surface area contributed by atoms with Gasteiger partial charge in [0.1, 0.15) is 5.52 Å². The minimum Gasteiger partial charge on any atom is -0.440 e. The van der Waals surface area contributed by atoms with Gasteiger partial charge in [-0.05, 0) is 43.5 Å². The van der Waals surface area contributed by atoms with E-state index in [9.17, 15) is 0 Å². The third-order valence-corrected chi connectivity index (χ3v) is 4.88. The Bertz CT molecular complexity index is 649. The molecule has 0 radical (unpaired) electrons. The molecule has 0 aliphatic carbocycles. The smallest absolute Gasteiger partial charge is 0.198 e. The van der Waals surface area contributed by atoms with E-state index in [1.165, 1.54) is 38.2 Å². The number of oxazole rings is 1. The third-order valence-electron chi connectivity index (χ3n) is 4.88. The van der Waals surface area contributed by atoms with Crippen LogP contribution in [0.5, 0.6) is 0 Å². The number of nitrogens with one attached hydrogen (secondary N) is 1. The first-order valence-electron chi connectivity index (χ1n) is 8.08. The highest BCUT2D eigenvalue weighted by Crippen LogP contribution is 2.30. The van der Waals surface area contributed by atoms with Crippen LogP contribution in [0.3, 0.4) is 0 Å². The van der Waals surface area contributed by atoms with E-state index < -0.39 is 0 Å². The van der Waals surface area contributed by atoms with Gasteiger partial charge < -0.3 is 14.6 Å². The highest BCUT2D eigenvalue weighted by atomic mass is 16.3. The Morgan fingerprint density at radius 3 is 3.00 bits per heavy atom. The molecular formula is C17H23N3O. The highest BCUT2D eigenvalue weighted by Gasteiger charge is 2.34. The van der Waals surface area contributed by atoms with Crippen molar-refractivity contribution < 1.29 is 4.42 Å². The van der Waals surface area contributed by atoms with Crippen LogP contribution in [0.2, 0.25) is 0 Å². The van der Waals surface area contributed by atoms with Crippen molar-refractivity contribution >= 4 is 16.8 Å². The standard InChI is InChI=1S/C17H23N3O/c1-11(2)17-19-15-9-13(3-4-16(15)21-17)18-14-6-8-20-7-5-12(14)10-20/h3-4,9,11-12,14,18H,5-8,10H2,1-2H3. The van der Waals surface area contributed by atoms with Gasteiger partial charge in [0.2, 0.25) is 0 Å². The van der Waals surface area contributed by atoms with Gasteiger partial charge in [0.25, 0.3) is 0 Å². The number of hydrogen-bond donors (Lipinski definition) is 1. The quantitative estimate of drug-likeness (QED) is 0.937. The number of rotatable bonds is 3. The molecule has 21 heavy (non-hydrogen) atoms. The number of benzene rings is 1. The van der Waals surface area contributed by atoms with Crippen molar-refractivity contribution in [2.75, 3.05) is 25.0 Å². The van der Waals surface area contributed by atoms with Gasteiger partial charge in [0, 0.05) is 30.7 Å². The van der Waals surface area contributed by atoms with Crippen LogP contribution in [0.4, 0.5) is 5.69 Å². The van der Waals surface area contributed by atoms with Crippen LogP contribution in [0.25, 0.3) is 11.1 Å². The van der Waals surface area contributed by atoms with Gasteiger partial charge in [-0.1, -0.05) is 13.8 Å². The molecule has 2 fully saturated rings. The fourth-order valence-electron chi connectivity index (χ4n) is 3.64. The molecule has 3 atom stereocenters. The van der Waals surface area contributed by atoms with Gasteiger partial charge in [0.15, 0.2) is 11.5 Å². The van der Waals surface area contributed by atoms with Gasteiger partial charge in [-0.25, -0.2) is 4.98 Å². The summed E-state index contributed by atoms with van der Waals surface area (Å²) in [4.78, 5) is 7.18. The Morgan fingerprint density at radius 1 is 1.29 bits per heavy atom. The molecule has 1 aromatic carbocycles. The van der Waals surface area contributed by atoms with E-state index in [2.05, 4.69) is 41.2 Å². The van der Waals surface area contributed by atoms with Crippen LogP contribution in [0.1, 0.15) is 38.5 Å². The molecule has 4 rings (SSSR count). The van der Waals surface area contributed by atoms with Crippen LogP contribution < -0.4 is 5.32 Å². The largest absolute Gasteiger partial charge is 0.440 e. The van der Waals surface area contributed by atoms with Crippen molar-refractivity contribution in [2.24, 2.45) is 5.92 Å². The van der Waals surface area contributed by atoms with E-state index in [0.29, 0.717) is 12.0 Å². The average Bonchev–Trinajstić information content (AvgIpc) is 3.06. The number of nitrogens with zero attached hydrogens (tertiary/aromatic N) is 2. The molecule has 4 heteroatoms. The highest BCUT2D eigenvalue weighted by molar-refractivity contribution is 5.77. The molecular weight excluding hydrogens is 262 g/mol. The van der Waals surface area contributed by atoms with E-state index in [-0.39, 0.29) is 0 Å². The fourth-order valence-corrected chi connectivity index (χ4v) is 3.64. The summed E-state index contributed by atoms with van der Waals surface area (Å²) in [6.07, 6.45) is 2.58. The maximum atomic E-state index is 5.78. The maximum absolute atomic E-state index is 5.78. The molecule has 0 spiro atoms. The zero-order valence-corrected chi connectivity index (χ0v) is 12.8. The Balaban J connectivity index is 1.56. The lowest BCUT2D eigenvalue weighted by Gasteiger charge is -2.31. The molecule has 2 saturated heterocycles. The molecule has 2 bridgehead atoms. The van der Waals surface area contributed by atoms with Crippen molar-refractivity contribution in [3.63, 3.8) is 0 Å². The van der Waals surface area contributed by atoms with Crippen LogP contribution >= 0.6 is 0 Å². The van der Waals surface area contributed by atoms with Gasteiger partial charge in [-0.3, -0.25) is 0 Å². The second kappa shape index (κ2) is 5.02. The average molecular weight is 285 g/mol. The lowest BCUT2D eigenvalue weighted by atomic mass is 9.94. The summed E-state index contributed by atoms with van der Waals surface area (Å²) < 4.78 is 5.78. The van der Waals surface area contributed by atoms with E-state index >= 15 is 0 Å². The summed E-state index contributed by atoms with van der Waals surface area (Å²) in [6, 6.07) is 6.91. The molecule has 3 unspecified atom stereocenters. The maximum Gasteiger partial charge on any atom is 0.198 e. The van der Waals surface area contributed by atoms with Crippen LogP contribution in [-0.4, -0.2) is 35.6 Å². The van der Waals surface area contributed by atoms with Crippen molar-refractivity contribution in [3.05, 3.63) is 24.1 Å². The Kier molecular flexibility index (Phi) is 3.14. The summed E-state index contributed by atoms with van der Waals surface area (Å²) in [5, 5.41) is 3.73. The Morgan fingerprint density at radius 2 is 2.14 bits per heavy atom. The van der Waals surface area contributed by atoms with Crippen molar-refractivity contribution in [3.8, 4) is 0 Å². The number of anilines is 1. The summed E-state index contributed by atoms with van der Waals surface area (Å²) in [5.74, 6) is 1.96. The van der Waals surface area contributed by atoms with Crippen LogP contribution in [-0.2, 0) is 0 Å². The number of fused-ring (bicyclic) bond motifs is 3. The first kappa shape index (κ1) is 13.1.